The van der Waals surface area contributed by atoms with Crippen molar-refractivity contribution >= 4 is 33.2 Å². The molecule has 1 aliphatic heterocycles. The van der Waals surface area contributed by atoms with Gasteiger partial charge in [-0.1, -0.05) is 25.4 Å². The van der Waals surface area contributed by atoms with E-state index in [4.69, 9.17) is 16.3 Å². The number of carbonyl (C=O) groups excluding carboxylic acids is 1. The van der Waals surface area contributed by atoms with Gasteiger partial charge in [-0.05, 0) is 30.7 Å². The minimum Gasteiger partial charge on any atom is -0.495 e. The van der Waals surface area contributed by atoms with Crippen LogP contribution in [-0.4, -0.2) is 62.5 Å². The second-order valence-electron chi connectivity index (χ2n) is 7.48. The number of aryl methyl sites for hydroxylation is 1. The van der Waals surface area contributed by atoms with Crippen molar-refractivity contribution in [2.24, 2.45) is 7.05 Å². The van der Waals surface area contributed by atoms with Crippen LogP contribution in [0.3, 0.4) is 0 Å². The van der Waals surface area contributed by atoms with E-state index in [1.54, 1.807) is 38.6 Å². The van der Waals surface area contributed by atoms with E-state index in [-0.39, 0.29) is 16.8 Å². The monoisotopic (exact) mass is 468 g/mol. The lowest BCUT2D eigenvalue weighted by molar-refractivity contribution is 0.0932. The summed E-state index contributed by atoms with van der Waals surface area (Å²) in [5, 5.41) is 3.65. The Morgan fingerprint density at radius 1 is 1.29 bits per heavy atom. The molecule has 0 spiro atoms. The van der Waals surface area contributed by atoms with Gasteiger partial charge < -0.3 is 19.5 Å². The van der Waals surface area contributed by atoms with Gasteiger partial charge in [0.05, 0.1) is 12.8 Å². The largest absolute Gasteiger partial charge is 0.495 e. The number of sulfonamides is 1. The average molecular weight is 469 g/mol. The third-order valence-electron chi connectivity index (χ3n) is 5.56. The van der Waals surface area contributed by atoms with Crippen molar-refractivity contribution in [2.75, 3.05) is 38.2 Å². The number of hydrogen-bond donors (Lipinski definition) is 1. The van der Waals surface area contributed by atoms with Crippen molar-refractivity contribution in [3.8, 4) is 5.75 Å². The highest BCUT2D eigenvalue weighted by atomic mass is 35.5. The molecule has 3 rings (SSSR count). The van der Waals surface area contributed by atoms with E-state index in [9.17, 15) is 13.2 Å². The smallest absolute Gasteiger partial charge is 0.268 e. The zero-order valence-electron chi connectivity index (χ0n) is 18.3. The zero-order valence-corrected chi connectivity index (χ0v) is 19.8. The van der Waals surface area contributed by atoms with Gasteiger partial charge in [-0.15, -0.1) is 0 Å². The van der Waals surface area contributed by atoms with Crippen molar-refractivity contribution in [3.63, 3.8) is 0 Å². The third-order valence-corrected chi connectivity index (χ3v) is 7.81. The Morgan fingerprint density at radius 3 is 2.65 bits per heavy atom. The maximum Gasteiger partial charge on any atom is 0.268 e. The first-order valence-electron chi connectivity index (χ1n) is 10.3. The topological polar surface area (TPSA) is 83.9 Å². The average Bonchev–Trinajstić information content (AvgIpc) is 3.35. The molecule has 1 fully saturated rings. The standard InChI is InChI=1S/C21H29ClN4O4S/c1-5-26(6-2)31(28,29)17-12-19(24(3)14-17)21(27)23-16-9-10-25(13-16)18-11-15(22)7-8-20(18)30-4/h7-8,11-12,14,16H,5-6,9-10,13H2,1-4H3,(H,23,27). The fraction of sp³-hybridized carbons (Fsp3) is 0.476. The van der Waals surface area contributed by atoms with Crippen LogP contribution in [0.2, 0.25) is 5.02 Å². The number of carbonyl (C=O) groups is 1. The summed E-state index contributed by atoms with van der Waals surface area (Å²) in [7, 11) is -0.335. The van der Waals surface area contributed by atoms with Crippen LogP contribution in [-0.2, 0) is 17.1 Å². The minimum atomic E-state index is -3.62. The molecule has 1 unspecified atom stereocenters. The molecule has 0 saturated carbocycles. The summed E-state index contributed by atoms with van der Waals surface area (Å²) >= 11 is 6.15. The molecule has 1 N–H and O–H groups in total. The second-order valence-corrected chi connectivity index (χ2v) is 9.86. The number of halogens is 1. The third kappa shape index (κ3) is 4.83. The van der Waals surface area contributed by atoms with Gasteiger partial charge in [0, 0.05) is 50.5 Å². The van der Waals surface area contributed by atoms with Crippen LogP contribution in [0.15, 0.2) is 35.4 Å². The Hall–Kier alpha value is -2.23. The summed E-state index contributed by atoms with van der Waals surface area (Å²) in [5.74, 6) is 0.429. The maximum absolute atomic E-state index is 12.9. The van der Waals surface area contributed by atoms with E-state index in [0.717, 1.165) is 24.4 Å². The molecular weight excluding hydrogens is 440 g/mol. The Bertz CT molecular complexity index is 1050. The number of nitrogens with one attached hydrogen (secondary N) is 1. The molecule has 1 atom stereocenters. The lowest BCUT2D eigenvalue weighted by Gasteiger charge is -2.21. The summed E-state index contributed by atoms with van der Waals surface area (Å²) in [4.78, 5) is 15.1. The van der Waals surface area contributed by atoms with Crippen LogP contribution in [0.4, 0.5) is 5.69 Å². The van der Waals surface area contributed by atoms with Gasteiger partial charge in [0.15, 0.2) is 0 Å². The number of ether oxygens (including phenoxy) is 1. The van der Waals surface area contributed by atoms with Gasteiger partial charge >= 0.3 is 0 Å². The summed E-state index contributed by atoms with van der Waals surface area (Å²) in [6, 6.07) is 6.82. The summed E-state index contributed by atoms with van der Waals surface area (Å²) in [6.07, 6.45) is 2.25. The Kier molecular flexibility index (Phi) is 7.18. The molecule has 0 bridgehead atoms. The molecule has 1 saturated heterocycles. The van der Waals surface area contributed by atoms with Crippen LogP contribution < -0.4 is 15.0 Å². The molecule has 1 amide bonds. The number of anilines is 1. The fourth-order valence-electron chi connectivity index (χ4n) is 3.88. The van der Waals surface area contributed by atoms with Gasteiger partial charge in [-0.3, -0.25) is 4.79 Å². The predicted molar refractivity (Wildman–Crippen MR) is 122 cm³/mol. The summed E-state index contributed by atoms with van der Waals surface area (Å²) < 4.78 is 33.9. The van der Waals surface area contributed by atoms with Crippen molar-refractivity contribution in [2.45, 2.75) is 31.2 Å². The van der Waals surface area contributed by atoms with E-state index in [1.165, 1.54) is 16.6 Å². The molecule has 0 aliphatic carbocycles. The minimum absolute atomic E-state index is 0.0751. The highest BCUT2D eigenvalue weighted by molar-refractivity contribution is 7.89. The molecule has 8 nitrogen and oxygen atoms in total. The first kappa shape index (κ1) is 23.4. The van der Waals surface area contributed by atoms with E-state index < -0.39 is 10.0 Å². The van der Waals surface area contributed by atoms with Crippen molar-refractivity contribution in [1.82, 2.24) is 14.2 Å². The lowest BCUT2D eigenvalue weighted by atomic mass is 10.2. The molecule has 170 valence electrons. The quantitative estimate of drug-likeness (QED) is 0.644. The number of benzene rings is 1. The van der Waals surface area contributed by atoms with Gasteiger partial charge in [0.2, 0.25) is 10.0 Å². The highest BCUT2D eigenvalue weighted by Gasteiger charge is 2.29. The number of nitrogens with zero attached hydrogens (tertiary/aromatic N) is 3. The van der Waals surface area contributed by atoms with Crippen LogP contribution >= 0.6 is 11.6 Å². The molecular formula is C21H29ClN4O4S. The number of amides is 1. The Morgan fingerprint density at radius 2 is 2.00 bits per heavy atom. The van der Waals surface area contributed by atoms with Gasteiger partial charge in [-0.25, -0.2) is 8.42 Å². The normalized spacial score (nSPS) is 16.7. The molecule has 1 aliphatic rings. The predicted octanol–water partition coefficient (Wildman–Crippen LogP) is 2.73. The zero-order chi connectivity index (χ0) is 22.8. The maximum atomic E-state index is 12.9. The molecule has 2 aromatic rings. The number of aromatic nitrogens is 1. The lowest BCUT2D eigenvalue weighted by Crippen LogP contribution is -2.37. The Labute approximate surface area is 188 Å². The molecule has 1 aromatic heterocycles. The van der Waals surface area contributed by atoms with Crippen LogP contribution in [0.5, 0.6) is 5.75 Å². The Balaban J connectivity index is 1.72. The first-order valence-corrected chi connectivity index (χ1v) is 12.1. The number of hydrogen-bond acceptors (Lipinski definition) is 5. The summed E-state index contributed by atoms with van der Waals surface area (Å²) in [6.45, 7) is 5.69. The van der Waals surface area contributed by atoms with Crippen LogP contribution in [0, 0.1) is 0 Å². The number of rotatable bonds is 8. The van der Waals surface area contributed by atoms with Crippen LogP contribution in [0.25, 0.3) is 0 Å². The fourth-order valence-corrected chi connectivity index (χ4v) is 5.58. The van der Waals surface area contributed by atoms with Crippen molar-refractivity contribution in [1.29, 1.82) is 0 Å². The number of methoxy groups -OCH3 is 1. The molecule has 31 heavy (non-hydrogen) atoms. The van der Waals surface area contributed by atoms with E-state index >= 15 is 0 Å². The van der Waals surface area contributed by atoms with Crippen molar-refractivity contribution in [3.05, 3.63) is 41.2 Å². The molecule has 0 radical (unpaired) electrons. The van der Waals surface area contributed by atoms with Crippen LogP contribution in [0.1, 0.15) is 30.8 Å². The van der Waals surface area contributed by atoms with Crippen molar-refractivity contribution < 1.29 is 17.9 Å². The summed E-state index contributed by atoms with van der Waals surface area (Å²) in [5.41, 5.74) is 1.20. The first-order chi connectivity index (χ1) is 14.7. The molecule has 2 heterocycles. The van der Waals surface area contributed by atoms with E-state index in [0.29, 0.717) is 30.4 Å². The van der Waals surface area contributed by atoms with E-state index in [2.05, 4.69) is 10.2 Å². The molecule has 10 heteroatoms. The highest BCUT2D eigenvalue weighted by Crippen LogP contribution is 2.33. The van der Waals surface area contributed by atoms with E-state index in [1.807, 2.05) is 12.1 Å². The van der Waals surface area contributed by atoms with Gasteiger partial charge in [-0.2, -0.15) is 4.31 Å². The van der Waals surface area contributed by atoms with Gasteiger partial charge in [0.1, 0.15) is 16.3 Å². The second kappa shape index (κ2) is 9.50. The molecule has 1 aromatic carbocycles. The van der Waals surface area contributed by atoms with Gasteiger partial charge in [0.25, 0.3) is 5.91 Å². The SMILES string of the molecule is CCN(CC)S(=O)(=O)c1cc(C(=O)NC2CCN(c3cc(Cl)ccc3OC)C2)n(C)c1.